The molecule has 0 fully saturated rings. The van der Waals surface area contributed by atoms with E-state index >= 15 is 0 Å². The average molecular weight is 391 g/mol. The number of nitrogens with zero attached hydrogens (tertiary/aromatic N) is 2. The van der Waals surface area contributed by atoms with Crippen LogP contribution in [0, 0.1) is 0 Å². The smallest absolute Gasteiger partial charge is 0.252 e. The molecular formula is C19H19ClN2O3S. The average Bonchev–Trinajstić information content (AvgIpc) is 2.73. The minimum absolute atomic E-state index is 0.0412. The van der Waals surface area contributed by atoms with Gasteiger partial charge in [-0.05, 0) is 25.1 Å². The molecule has 0 spiro atoms. The molecule has 0 bridgehead atoms. The van der Waals surface area contributed by atoms with Crippen molar-refractivity contribution in [1.29, 1.82) is 0 Å². The van der Waals surface area contributed by atoms with Gasteiger partial charge in [0.25, 0.3) is 5.91 Å². The first-order valence-electron chi connectivity index (χ1n) is 8.27. The summed E-state index contributed by atoms with van der Waals surface area (Å²) in [6, 6.07) is 13.8. The summed E-state index contributed by atoms with van der Waals surface area (Å²) in [6.45, 7) is 3.24. The van der Waals surface area contributed by atoms with Crippen LogP contribution in [-0.2, 0) is 14.6 Å². The van der Waals surface area contributed by atoms with Gasteiger partial charge in [-0.25, -0.2) is 8.42 Å². The van der Waals surface area contributed by atoms with Gasteiger partial charge in [-0.3, -0.25) is 14.7 Å². The molecule has 0 radical (unpaired) electrons. The van der Waals surface area contributed by atoms with Gasteiger partial charge in [-0.2, -0.15) is 0 Å². The molecular weight excluding hydrogens is 372 g/mol. The Morgan fingerprint density at radius 2 is 1.85 bits per heavy atom. The van der Waals surface area contributed by atoms with Crippen molar-refractivity contribution in [3.05, 3.63) is 64.7 Å². The topological polar surface area (TPSA) is 66.8 Å². The molecule has 1 amide bonds. The maximum absolute atomic E-state index is 12.9. The summed E-state index contributed by atoms with van der Waals surface area (Å²) in [5.41, 5.74) is 2.62. The van der Waals surface area contributed by atoms with Gasteiger partial charge in [-0.1, -0.05) is 48.9 Å². The largest absolute Gasteiger partial charge is 0.295 e. The van der Waals surface area contributed by atoms with E-state index in [1.807, 2.05) is 30.3 Å². The standard InChI is InChI=1S/C19H19ClN2O3S/c1-3-26(24,25)12-22-17-10-9-15(20)11-16(17)18(21-13(2)19(22)23)14-7-5-4-6-8-14/h4-11,13H,3,12H2,1-2H3. The van der Waals surface area contributed by atoms with Crippen molar-refractivity contribution in [1.82, 2.24) is 0 Å². The molecule has 0 saturated heterocycles. The summed E-state index contributed by atoms with van der Waals surface area (Å²) in [7, 11) is -3.41. The van der Waals surface area contributed by atoms with Gasteiger partial charge in [-0.15, -0.1) is 0 Å². The lowest BCUT2D eigenvalue weighted by atomic mass is 10.0. The van der Waals surface area contributed by atoms with E-state index < -0.39 is 15.9 Å². The quantitative estimate of drug-likeness (QED) is 0.804. The van der Waals surface area contributed by atoms with Gasteiger partial charge in [0.05, 0.1) is 11.4 Å². The first kappa shape index (κ1) is 18.6. The monoisotopic (exact) mass is 390 g/mol. The van der Waals surface area contributed by atoms with E-state index in [1.165, 1.54) is 4.90 Å². The van der Waals surface area contributed by atoms with Crippen LogP contribution in [0.15, 0.2) is 53.5 Å². The Kier molecular flexibility index (Phi) is 5.16. The molecule has 2 aromatic rings. The number of sulfone groups is 1. The Labute approximate surface area is 158 Å². The zero-order chi connectivity index (χ0) is 18.9. The zero-order valence-corrected chi connectivity index (χ0v) is 16.1. The first-order valence-corrected chi connectivity index (χ1v) is 10.5. The van der Waals surface area contributed by atoms with E-state index in [9.17, 15) is 13.2 Å². The molecule has 1 heterocycles. The van der Waals surface area contributed by atoms with Gasteiger partial charge < -0.3 is 0 Å². The molecule has 0 saturated carbocycles. The molecule has 0 N–H and O–H groups in total. The normalized spacial score (nSPS) is 17.5. The van der Waals surface area contributed by atoms with Crippen molar-refractivity contribution in [2.75, 3.05) is 16.5 Å². The summed E-state index contributed by atoms with van der Waals surface area (Å²) in [6.07, 6.45) is 0. The Morgan fingerprint density at radius 1 is 1.15 bits per heavy atom. The number of carbonyl (C=O) groups excluding carboxylic acids is 1. The molecule has 0 aliphatic carbocycles. The van der Waals surface area contributed by atoms with E-state index in [0.29, 0.717) is 22.0 Å². The minimum atomic E-state index is -3.41. The van der Waals surface area contributed by atoms with Crippen LogP contribution in [0.3, 0.4) is 0 Å². The summed E-state index contributed by atoms with van der Waals surface area (Å²) >= 11 is 6.19. The second-order valence-electron chi connectivity index (χ2n) is 6.11. The molecule has 136 valence electrons. The number of anilines is 1. The predicted octanol–water partition coefficient (Wildman–Crippen LogP) is 3.30. The molecule has 3 rings (SSSR count). The fourth-order valence-electron chi connectivity index (χ4n) is 2.84. The van der Waals surface area contributed by atoms with Gasteiger partial charge >= 0.3 is 0 Å². The molecule has 26 heavy (non-hydrogen) atoms. The molecule has 1 aliphatic rings. The number of rotatable bonds is 4. The van der Waals surface area contributed by atoms with Gasteiger partial charge in [0, 0.05) is 21.9 Å². The Hall–Kier alpha value is -2.18. The highest BCUT2D eigenvalue weighted by atomic mass is 35.5. The lowest BCUT2D eigenvalue weighted by Crippen LogP contribution is -2.40. The van der Waals surface area contributed by atoms with E-state index in [0.717, 1.165) is 5.56 Å². The van der Waals surface area contributed by atoms with Crippen molar-refractivity contribution < 1.29 is 13.2 Å². The van der Waals surface area contributed by atoms with Gasteiger partial charge in [0.15, 0.2) is 9.84 Å². The van der Waals surface area contributed by atoms with Crippen LogP contribution in [0.5, 0.6) is 0 Å². The number of amides is 1. The maximum atomic E-state index is 12.9. The fourth-order valence-corrected chi connectivity index (χ4v) is 3.86. The number of hydrogen-bond acceptors (Lipinski definition) is 4. The van der Waals surface area contributed by atoms with E-state index in [1.54, 1.807) is 32.0 Å². The van der Waals surface area contributed by atoms with Crippen molar-refractivity contribution in [3.63, 3.8) is 0 Å². The highest BCUT2D eigenvalue weighted by Gasteiger charge is 2.32. The number of benzodiazepines with no additional fused rings is 1. The molecule has 1 atom stereocenters. The number of halogens is 1. The van der Waals surface area contributed by atoms with Crippen LogP contribution in [-0.4, -0.2) is 37.7 Å². The Balaban J connectivity index is 2.22. The molecule has 1 unspecified atom stereocenters. The fraction of sp³-hybridized carbons (Fsp3) is 0.263. The lowest BCUT2D eigenvalue weighted by molar-refractivity contribution is -0.119. The summed E-state index contributed by atoms with van der Waals surface area (Å²) in [5.74, 6) is -0.768. The van der Waals surface area contributed by atoms with Crippen LogP contribution in [0.25, 0.3) is 0 Å². The third-order valence-electron chi connectivity index (χ3n) is 4.26. The number of fused-ring (bicyclic) bond motifs is 1. The summed E-state index contributed by atoms with van der Waals surface area (Å²) < 4.78 is 24.4. The Morgan fingerprint density at radius 3 is 2.50 bits per heavy atom. The minimum Gasteiger partial charge on any atom is -0.295 e. The highest BCUT2D eigenvalue weighted by molar-refractivity contribution is 7.91. The first-order chi connectivity index (χ1) is 12.3. The number of aliphatic imine (C=N–C) groups is 1. The lowest BCUT2D eigenvalue weighted by Gasteiger charge is -2.24. The molecule has 1 aliphatic heterocycles. The van der Waals surface area contributed by atoms with Gasteiger partial charge in [0.2, 0.25) is 0 Å². The van der Waals surface area contributed by atoms with Gasteiger partial charge in [0.1, 0.15) is 11.9 Å². The third kappa shape index (κ3) is 3.66. The van der Waals surface area contributed by atoms with Crippen LogP contribution >= 0.6 is 11.6 Å². The summed E-state index contributed by atoms with van der Waals surface area (Å²) in [4.78, 5) is 18.8. The van der Waals surface area contributed by atoms with E-state index in [2.05, 4.69) is 4.99 Å². The third-order valence-corrected chi connectivity index (χ3v) is 6.03. The van der Waals surface area contributed by atoms with Crippen LogP contribution in [0.1, 0.15) is 25.0 Å². The second kappa shape index (κ2) is 7.21. The highest BCUT2D eigenvalue weighted by Crippen LogP contribution is 2.31. The number of hydrogen-bond donors (Lipinski definition) is 0. The van der Waals surface area contributed by atoms with Crippen LogP contribution in [0.2, 0.25) is 5.02 Å². The van der Waals surface area contributed by atoms with Crippen molar-refractivity contribution >= 4 is 38.7 Å². The summed E-state index contributed by atoms with van der Waals surface area (Å²) in [5, 5.41) is 0.493. The van der Waals surface area contributed by atoms with Crippen molar-refractivity contribution in [2.24, 2.45) is 4.99 Å². The van der Waals surface area contributed by atoms with Crippen molar-refractivity contribution in [3.8, 4) is 0 Å². The Bertz CT molecular complexity index is 972. The predicted molar refractivity (Wildman–Crippen MR) is 105 cm³/mol. The zero-order valence-electron chi connectivity index (χ0n) is 14.5. The maximum Gasteiger partial charge on any atom is 0.252 e. The van der Waals surface area contributed by atoms with E-state index in [4.69, 9.17) is 11.6 Å². The SMILES string of the molecule is CCS(=O)(=O)CN1C(=O)C(C)N=C(c2ccccc2)c2cc(Cl)ccc21. The molecule has 5 nitrogen and oxygen atoms in total. The van der Waals surface area contributed by atoms with Crippen LogP contribution < -0.4 is 4.90 Å². The van der Waals surface area contributed by atoms with Crippen LogP contribution in [0.4, 0.5) is 5.69 Å². The number of carbonyl (C=O) groups is 1. The molecule has 0 aromatic heterocycles. The second-order valence-corrected chi connectivity index (χ2v) is 8.87. The van der Waals surface area contributed by atoms with E-state index in [-0.39, 0.29) is 17.5 Å². The molecule has 2 aromatic carbocycles. The van der Waals surface area contributed by atoms with Crippen molar-refractivity contribution in [2.45, 2.75) is 19.9 Å². The number of benzene rings is 2. The molecule has 7 heteroatoms.